The predicted molar refractivity (Wildman–Crippen MR) is 64.1 cm³/mol. The summed E-state index contributed by atoms with van der Waals surface area (Å²) in [5.74, 6) is 0.565. The summed E-state index contributed by atoms with van der Waals surface area (Å²) in [5.41, 5.74) is 5.90. The van der Waals surface area contributed by atoms with Crippen molar-refractivity contribution < 1.29 is 20.1 Å². The summed E-state index contributed by atoms with van der Waals surface area (Å²) in [6.07, 6.45) is -1.16. The van der Waals surface area contributed by atoms with Gasteiger partial charge in [0.15, 0.2) is 12.2 Å². The Labute approximate surface area is 108 Å². The first-order valence-electron chi connectivity index (χ1n) is 5.89. The fourth-order valence-corrected chi connectivity index (χ4v) is 2.31. The normalized spacial score (nSPS) is 33.7. The molecule has 6 N–H and O–H groups in total. The highest BCUT2D eigenvalue weighted by Gasteiger charge is 2.37. The monoisotopic (exact) mass is 269 g/mol. The number of fused-ring (bicyclic) bond motifs is 1. The van der Waals surface area contributed by atoms with Crippen LogP contribution in [0.4, 0.5) is 5.82 Å². The molecule has 9 heteroatoms. The van der Waals surface area contributed by atoms with Crippen molar-refractivity contribution in [1.82, 2.24) is 9.55 Å². The van der Waals surface area contributed by atoms with Crippen LogP contribution >= 0.6 is 0 Å². The summed E-state index contributed by atoms with van der Waals surface area (Å²) < 4.78 is 7.15. The fraction of sp³-hybridized carbons (Fsp3) is 0.600. The lowest BCUT2D eigenvalue weighted by Crippen LogP contribution is -2.30. The lowest BCUT2D eigenvalue weighted by atomic mass is 10.2. The van der Waals surface area contributed by atoms with Crippen LogP contribution in [0.1, 0.15) is 24.6 Å². The zero-order valence-electron chi connectivity index (χ0n) is 9.97. The molecule has 0 amide bonds. The summed E-state index contributed by atoms with van der Waals surface area (Å²) in [6, 6.07) is 0. The maximum absolute atomic E-state index is 9.73. The quantitative estimate of drug-likeness (QED) is 0.429. The van der Waals surface area contributed by atoms with Gasteiger partial charge in [0.1, 0.15) is 23.8 Å². The summed E-state index contributed by atoms with van der Waals surface area (Å²) in [7, 11) is 0. The molecule has 4 atom stereocenters. The van der Waals surface area contributed by atoms with E-state index in [1.807, 2.05) is 0 Å². The average Bonchev–Trinajstić information content (AvgIpc) is 2.92. The standard InChI is InChI=1S/C10H15N5O4/c11-10-13-8-7(9(18)14-10)12-3-15(8)6-1-4(17)5(2-16)19-6/h3-6,9,16-18H,1-2H2,(H3,11,13,14). The zero-order chi connectivity index (χ0) is 13.6. The molecule has 1 aromatic rings. The molecule has 0 aromatic carbocycles. The number of hydrogen-bond donors (Lipinski definition) is 5. The van der Waals surface area contributed by atoms with E-state index >= 15 is 0 Å². The van der Waals surface area contributed by atoms with Crippen LogP contribution in [0.5, 0.6) is 0 Å². The second-order valence-corrected chi connectivity index (χ2v) is 4.51. The Bertz CT molecular complexity index is 516. The SMILES string of the molecule is NC1=NC(O)c2ncn(C3CC(O)C(CO)O3)c2N1. The number of anilines is 1. The number of guanidine groups is 1. The third-order valence-corrected chi connectivity index (χ3v) is 3.27. The first-order valence-corrected chi connectivity index (χ1v) is 5.89. The van der Waals surface area contributed by atoms with E-state index in [0.717, 1.165) is 0 Å². The minimum atomic E-state index is -1.11. The summed E-state index contributed by atoms with van der Waals surface area (Å²) in [4.78, 5) is 7.80. The molecule has 0 radical (unpaired) electrons. The molecule has 1 aromatic heterocycles. The van der Waals surface area contributed by atoms with Crippen molar-refractivity contribution in [2.75, 3.05) is 11.9 Å². The number of aliphatic hydroxyl groups excluding tert-OH is 3. The van der Waals surface area contributed by atoms with Crippen LogP contribution < -0.4 is 11.1 Å². The number of hydrogen-bond acceptors (Lipinski definition) is 8. The van der Waals surface area contributed by atoms with Crippen molar-refractivity contribution in [3.8, 4) is 0 Å². The Kier molecular flexibility index (Phi) is 2.90. The van der Waals surface area contributed by atoms with Gasteiger partial charge in [0.25, 0.3) is 0 Å². The van der Waals surface area contributed by atoms with Crippen molar-refractivity contribution in [3.05, 3.63) is 12.0 Å². The minimum Gasteiger partial charge on any atom is -0.394 e. The second-order valence-electron chi connectivity index (χ2n) is 4.51. The van der Waals surface area contributed by atoms with Crippen molar-refractivity contribution in [2.45, 2.75) is 31.1 Å². The molecule has 3 heterocycles. The van der Waals surface area contributed by atoms with Crippen LogP contribution in [0, 0.1) is 0 Å². The highest BCUT2D eigenvalue weighted by Crippen LogP contribution is 2.34. The topological polar surface area (TPSA) is 138 Å². The number of imidazole rings is 1. The van der Waals surface area contributed by atoms with E-state index in [1.165, 1.54) is 6.33 Å². The van der Waals surface area contributed by atoms with Crippen LogP contribution in [0.25, 0.3) is 0 Å². The molecule has 3 rings (SSSR count). The molecule has 0 saturated carbocycles. The van der Waals surface area contributed by atoms with Gasteiger partial charge < -0.3 is 31.1 Å². The molecule has 19 heavy (non-hydrogen) atoms. The summed E-state index contributed by atoms with van der Waals surface area (Å²) in [5, 5.41) is 31.3. The zero-order valence-corrected chi connectivity index (χ0v) is 9.97. The van der Waals surface area contributed by atoms with Gasteiger partial charge in [-0.3, -0.25) is 4.57 Å². The van der Waals surface area contributed by atoms with Crippen molar-refractivity contribution in [2.24, 2.45) is 10.7 Å². The van der Waals surface area contributed by atoms with Crippen LogP contribution in [0.2, 0.25) is 0 Å². The molecule has 104 valence electrons. The van der Waals surface area contributed by atoms with E-state index in [9.17, 15) is 10.2 Å². The second kappa shape index (κ2) is 4.46. The number of nitrogens with two attached hydrogens (primary N) is 1. The van der Waals surface area contributed by atoms with Gasteiger partial charge in [0.2, 0.25) is 0 Å². The fourth-order valence-electron chi connectivity index (χ4n) is 2.31. The van der Waals surface area contributed by atoms with Gasteiger partial charge in [-0.15, -0.1) is 0 Å². The van der Waals surface area contributed by atoms with E-state index in [1.54, 1.807) is 4.57 Å². The Hall–Kier alpha value is -1.68. The van der Waals surface area contributed by atoms with Crippen molar-refractivity contribution in [3.63, 3.8) is 0 Å². The number of aliphatic hydroxyl groups is 3. The lowest BCUT2D eigenvalue weighted by molar-refractivity contribution is -0.0437. The first-order chi connectivity index (χ1) is 9.10. The van der Waals surface area contributed by atoms with Gasteiger partial charge in [0.05, 0.1) is 19.0 Å². The van der Waals surface area contributed by atoms with Gasteiger partial charge in [0, 0.05) is 6.42 Å². The third-order valence-electron chi connectivity index (χ3n) is 3.27. The summed E-state index contributed by atoms with van der Waals surface area (Å²) in [6.45, 7) is -0.256. The number of ether oxygens (including phenoxy) is 1. The Morgan fingerprint density at radius 1 is 1.53 bits per heavy atom. The smallest absolute Gasteiger partial charge is 0.197 e. The number of aromatic nitrogens is 2. The van der Waals surface area contributed by atoms with Crippen LogP contribution in [-0.2, 0) is 4.74 Å². The maximum Gasteiger partial charge on any atom is 0.197 e. The van der Waals surface area contributed by atoms with Crippen molar-refractivity contribution in [1.29, 1.82) is 0 Å². The van der Waals surface area contributed by atoms with Crippen molar-refractivity contribution >= 4 is 11.8 Å². The van der Waals surface area contributed by atoms with Gasteiger partial charge in [-0.25, -0.2) is 9.98 Å². The molecule has 1 saturated heterocycles. The van der Waals surface area contributed by atoms with Crippen LogP contribution in [0.3, 0.4) is 0 Å². The maximum atomic E-state index is 9.73. The van der Waals surface area contributed by atoms with Crippen LogP contribution in [-0.4, -0.2) is 49.6 Å². The number of nitrogens with zero attached hydrogens (tertiary/aromatic N) is 3. The molecule has 0 spiro atoms. The van der Waals surface area contributed by atoms with E-state index < -0.39 is 24.7 Å². The number of nitrogens with one attached hydrogen (secondary N) is 1. The van der Waals surface area contributed by atoms with Crippen LogP contribution in [0.15, 0.2) is 11.3 Å². The molecule has 0 aliphatic carbocycles. The Morgan fingerprint density at radius 2 is 2.32 bits per heavy atom. The largest absolute Gasteiger partial charge is 0.394 e. The van der Waals surface area contributed by atoms with E-state index in [4.69, 9.17) is 15.6 Å². The molecule has 2 aliphatic rings. The molecule has 1 fully saturated rings. The minimum absolute atomic E-state index is 0.0824. The lowest BCUT2D eigenvalue weighted by Gasteiger charge is -2.20. The van der Waals surface area contributed by atoms with E-state index in [0.29, 0.717) is 17.9 Å². The average molecular weight is 269 g/mol. The van der Waals surface area contributed by atoms with Gasteiger partial charge in [-0.2, -0.15) is 0 Å². The summed E-state index contributed by atoms with van der Waals surface area (Å²) >= 11 is 0. The number of aliphatic imine (C=N–C) groups is 1. The third kappa shape index (κ3) is 1.96. The highest BCUT2D eigenvalue weighted by molar-refractivity contribution is 5.93. The molecule has 2 aliphatic heterocycles. The Balaban J connectivity index is 1.89. The molecule has 0 bridgehead atoms. The number of rotatable bonds is 2. The van der Waals surface area contributed by atoms with E-state index in [2.05, 4.69) is 15.3 Å². The highest BCUT2D eigenvalue weighted by atomic mass is 16.5. The molecular formula is C10H15N5O4. The Morgan fingerprint density at radius 3 is 3.00 bits per heavy atom. The first kappa shape index (κ1) is 12.4. The molecular weight excluding hydrogens is 254 g/mol. The van der Waals surface area contributed by atoms with Gasteiger partial charge in [-0.05, 0) is 0 Å². The van der Waals surface area contributed by atoms with Gasteiger partial charge in [-0.1, -0.05) is 0 Å². The predicted octanol–water partition coefficient (Wildman–Crippen LogP) is -1.75. The van der Waals surface area contributed by atoms with Gasteiger partial charge >= 0.3 is 0 Å². The molecule has 4 unspecified atom stereocenters. The van der Waals surface area contributed by atoms with E-state index in [-0.39, 0.29) is 12.6 Å². The molecule has 9 nitrogen and oxygen atoms in total.